The number of hydrogen-bond donors (Lipinski definition) is 2. The second-order valence-corrected chi connectivity index (χ2v) is 7.31. The molecule has 0 spiro atoms. The zero-order valence-electron chi connectivity index (χ0n) is 17.9. The van der Waals surface area contributed by atoms with Gasteiger partial charge in [-0.15, -0.1) is 24.0 Å². The molecular weight excluding hydrogens is 507 g/mol. The molecule has 1 aliphatic heterocycles. The van der Waals surface area contributed by atoms with Gasteiger partial charge in [0.1, 0.15) is 12.4 Å². The van der Waals surface area contributed by atoms with Gasteiger partial charge in [0.25, 0.3) is 0 Å². The normalized spacial score (nSPS) is 15.8. The monoisotopic (exact) mass is 536 g/mol. The summed E-state index contributed by atoms with van der Waals surface area (Å²) in [7, 11) is 3.46. The Labute approximate surface area is 199 Å². The summed E-state index contributed by atoms with van der Waals surface area (Å²) in [5.74, 6) is 2.59. The van der Waals surface area contributed by atoms with Crippen LogP contribution in [0.4, 0.5) is 0 Å². The van der Waals surface area contributed by atoms with Crippen molar-refractivity contribution in [3.8, 4) is 5.69 Å². The van der Waals surface area contributed by atoms with Crippen LogP contribution in [-0.2, 0) is 30.7 Å². The van der Waals surface area contributed by atoms with Crippen LogP contribution in [0.3, 0.4) is 0 Å². The third-order valence-electron chi connectivity index (χ3n) is 5.15. The van der Waals surface area contributed by atoms with Crippen LogP contribution in [0.15, 0.2) is 47.7 Å². The Morgan fingerprint density at radius 3 is 2.84 bits per heavy atom. The Hall–Kier alpha value is -2.47. The van der Waals surface area contributed by atoms with Crippen molar-refractivity contribution >= 4 is 29.9 Å². The molecule has 0 aliphatic carbocycles. The Kier molecular flexibility index (Phi) is 8.41. The number of guanidine groups is 1. The van der Waals surface area contributed by atoms with Crippen molar-refractivity contribution in [1.29, 1.82) is 0 Å². The minimum absolute atomic E-state index is 0. The van der Waals surface area contributed by atoms with Crippen molar-refractivity contribution < 1.29 is 4.74 Å². The molecule has 31 heavy (non-hydrogen) atoms. The minimum Gasteiger partial charge on any atom is -0.377 e. The van der Waals surface area contributed by atoms with E-state index in [9.17, 15) is 0 Å². The highest BCUT2D eigenvalue weighted by Gasteiger charge is 2.22. The van der Waals surface area contributed by atoms with Crippen molar-refractivity contribution in [2.24, 2.45) is 4.99 Å². The topological polar surface area (TPSA) is 94.2 Å². The van der Waals surface area contributed by atoms with Gasteiger partial charge in [-0.3, -0.25) is 4.99 Å². The van der Waals surface area contributed by atoms with Crippen LogP contribution in [0.1, 0.15) is 23.6 Å². The molecule has 1 atom stereocenters. The number of aryl methyl sites for hydroxylation is 1. The summed E-state index contributed by atoms with van der Waals surface area (Å²) in [5.41, 5.74) is 2.33. The van der Waals surface area contributed by atoms with Gasteiger partial charge in [-0.05, 0) is 36.6 Å². The summed E-state index contributed by atoms with van der Waals surface area (Å²) < 4.78 is 8.97. The van der Waals surface area contributed by atoms with Crippen LogP contribution < -0.4 is 10.6 Å². The fraction of sp³-hybridized carbons (Fsp3) is 0.429. The molecular formula is C21H29IN8O. The van der Waals surface area contributed by atoms with E-state index in [2.05, 4.69) is 55.1 Å². The lowest BCUT2D eigenvalue weighted by molar-refractivity contribution is 0.177. The Morgan fingerprint density at radius 2 is 2.13 bits per heavy atom. The SMILES string of the molecule is CN=C(NCCc1ccc(-n2cccn2)cc1)NC1CCc2nc(COC)nn2C1.I. The van der Waals surface area contributed by atoms with E-state index < -0.39 is 0 Å². The highest BCUT2D eigenvalue weighted by Crippen LogP contribution is 2.13. The summed E-state index contributed by atoms with van der Waals surface area (Å²) in [6.07, 6.45) is 6.54. The van der Waals surface area contributed by atoms with E-state index in [0.717, 1.165) is 55.6 Å². The van der Waals surface area contributed by atoms with E-state index in [-0.39, 0.29) is 30.0 Å². The summed E-state index contributed by atoms with van der Waals surface area (Å²) in [5, 5.41) is 15.7. The molecule has 2 aromatic heterocycles. The molecule has 0 bridgehead atoms. The van der Waals surface area contributed by atoms with Gasteiger partial charge in [-0.25, -0.2) is 14.3 Å². The minimum atomic E-state index is 0. The van der Waals surface area contributed by atoms with Crippen LogP contribution in [0.2, 0.25) is 0 Å². The Bertz CT molecular complexity index is 968. The van der Waals surface area contributed by atoms with Crippen molar-refractivity contribution in [1.82, 2.24) is 35.2 Å². The third kappa shape index (κ3) is 6.03. The molecule has 10 heteroatoms. The second-order valence-electron chi connectivity index (χ2n) is 7.31. The molecule has 3 heterocycles. The lowest BCUT2D eigenvalue weighted by Crippen LogP contribution is -2.47. The van der Waals surface area contributed by atoms with E-state index >= 15 is 0 Å². The molecule has 0 radical (unpaired) electrons. The number of fused-ring (bicyclic) bond motifs is 1. The van der Waals surface area contributed by atoms with Crippen molar-refractivity contribution in [3.05, 3.63) is 59.9 Å². The van der Waals surface area contributed by atoms with E-state index in [0.29, 0.717) is 6.61 Å². The molecule has 9 nitrogen and oxygen atoms in total. The van der Waals surface area contributed by atoms with Crippen LogP contribution in [0, 0.1) is 0 Å². The van der Waals surface area contributed by atoms with Gasteiger partial charge in [0.05, 0.1) is 12.2 Å². The highest BCUT2D eigenvalue weighted by atomic mass is 127. The van der Waals surface area contributed by atoms with Crippen LogP contribution in [0.25, 0.3) is 5.69 Å². The lowest BCUT2D eigenvalue weighted by atomic mass is 10.1. The smallest absolute Gasteiger partial charge is 0.191 e. The quantitative estimate of drug-likeness (QED) is 0.273. The molecule has 3 aromatic rings. The maximum atomic E-state index is 5.13. The first-order chi connectivity index (χ1) is 14.7. The van der Waals surface area contributed by atoms with Gasteiger partial charge < -0.3 is 15.4 Å². The number of ether oxygens (including phenoxy) is 1. The molecule has 0 fully saturated rings. The first-order valence-electron chi connectivity index (χ1n) is 10.2. The van der Waals surface area contributed by atoms with Gasteiger partial charge in [0.15, 0.2) is 11.8 Å². The van der Waals surface area contributed by atoms with Crippen LogP contribution in [0.5, 0.6) is 0 Å². The number of nitrogens with zero attached hydrogens (tertiary/aromatic N) is 6. The van der Waals surface area contributed by atoms with Gasteiger partial charge in [-0.1, -0.05) is 12.1 Å². The Morgan fingerprint density at radius 1 is 1.29 bits per heavy atom. The summed E-state index contributed by atoms with van der Waals surface area (Å²) in [6, 6.07) is 10.6. The number of aliphatic imine (C=N–C) groups is 1. The number of hydrogen-bond acceptors (Lipinski definition) is 5. The largest absolute Gasteiger partial charge is 0.377 e. The third-order valence-corrected chi connectivity index (χ3v) is 5.15. The maximum Gasteiger partial charge on any atom is 0.191 e. The highest BCUT2D eigenvalue weighted by molar-refractivity contribution is 14.0. The molecule has 1 unspecified atom stereocenters. The van der Waals surface area contributed by atoms with E-state index in [1.807, 2.05) is 21.6 Å². The predicted octanol–water partition coefficient (Wildman–Crippen LogP) is 1.95. The maximum absolute atomic E-state index is 5.13. The molecule has 0 saturated heterocycles. The fourth-order valence-electron chi connectivity index (χ4n) is 3.62. The molecule has 0 amide bonds. The van der Waals surface area contributed by atoms with E-state index in [1.54, 1.807) is 20.4 Å². The van der Waals surface area contributed by atoms with Crippen molar-refractivity contribution in [3.63, 3.8) is 0 Å². The second kappa shape index (κ2) is 11.2. The average molecular weight is 536 g/mol. The van der Waals surface area contributed by atoms with Gasteiger partial charge in [0.2, 0.25) is 0 Å². The average Bonchev–Trinajstić information content (AvgIpc) is 3.43. The number of methoxy groups -OCH3 is 1. The molecule has 1 aliphatic rings. The van der Waals surface area contributed by atoms with Gasteiger partial charge in [-0.2, -0.15) is 10.2 Å². The zero-order valence-corrected chi connectivity index (χ0v) is 20.2. The van der Waals surface area contributed by atoms with Gasteiger partial charge in [0, 0.05) is 45.6 Å². The summed E-state index contributed by atoms with van der Waals surface area (Å²) in [6.45, 7) is 2.03. The zero-order chi connectivity index (χ0) is 20.8. The van der Waals surface area contributed by atoms with Crippen LogP contribution >= 0.6 is 24.0 Å². The molecule has 1 aromatic carbocycles. The lowest BCUT2D eigenvalue weighted by Gasteiger charge is -2.25. The fourth-order valence-corrected chi connectivity index (χ4v) is 3.62. The molecule has 0 saturated carbocycles. The number of halogens is 1. The molecule has 166 valence electrons. The van der Waals surface area contributed by atoms with Gasteiger partial charge >= 0.3 is 0 Å². The van der Waals surface area contributed by atoms with Crippen molar-refractivity contribution in [2.75, 3.05) is 20.7 Å². The predicted molar refractivity (Wildman–Crippen MR) is 130 cm³/mol. The number of rotatable bonds is 7. The first-order valence-corrected chi connectivity index (χ1v) is 10.2. The Balaban J connectivity index is 0.00000272. The number of aromatic nitrogens is 5. The first kappa shape index (κ1) is 23.2. The molecule has 4 rings (SSSR count). The van der Waals surface area contributed by atoms with E-state index in [4.69, 9.17) is 4.74 Å². The number of nitrogens with one attached hydrogen (secondary N) is 2. The standard InChI is InChI=1S/C21H28N8O.HI/c1-22-21(25-17-6-9-20-26-19(15-30-2)27-29(20)14-17)23-12-10-16-4-7-18(8-5-16)28-13-3-11-24-28;/h3-5,7-8,11,13,17H,6,9-10,12,14-15H2,1-2H3,(H2,22,23,25);1H. The summed E-state index contributed by atoms with van der Waals surface area (Å²) in [4.78, 5) is 8.90. The van der Waals surface area contributed by atoms with Crippen LogP contribution in [-0.4, -0.2) is 57.2 Å². The summed E-state index contributed by atoms with van der Waals surface area (Å²) >= 11 is 0. The number of benzene rings is 1. The van der Waals surface area contributed by atoms with Crippen molar-refractivity contribution in [2.45, 2.75) is 38.5 Å². The van der Waals surface area contributed by atoms with E-state index in [1.165, 1.54) is 5.56 Å². The molecule has 2 N–H and O–H groups in total.